The van der Waals surface area contributed by atoms with Gasteiger partial charge in [0.15, 0.2) is 5.78 Å². The van der Waals surface area contributed by atoms with Crippen LogP contribution in [0.4, 0.5) is 0 Å². The summed E-state index contributed by atoms with van der Waals surface area (Å²) in [7, 11) is 0. The van der Waals surface area contributed by atoms with Crippen molar-refractivity contribution in [1.29, 1.82) is 0 Å². The second-order valence-electron chi connectivity index (χ2n) is 5.22. The van der Waals surface area contributed by atoms with Crippen LogP contribution in [0.3, 0.4) is 0 Å². The van der Waals surface area contributed by atoms with Crippen LogP contribution < -0.4 is 4.74 Å². The lowest BCUT2D eigenvalue weighted by Crippen LogP contribution is -1.95. The number of ether oxygens (including phenoxy) is 1. The number of carbonyl (C=O) groups is 1. The van der Waals surface area contributed by atoms with Crippen LogP contribution in [-0.4, -0.2) is 12.4 Å². The first-order valence-electron chi connectivity index (χ1n) is 7.71. The molecule has 0 aliphatic rings. The summed E-state index contributed by atoms with van der Waals surface area (Å²) < 4.78 is 5.39. The molecule has 114 valence electrons. The SMILES string of the molecule is CCOc1ccc(C(=O)/C=C/c2cccc3ccccc23)cc1. The average molecular weight is 302 g/mol. The summed E-state index contributed by atoms with van der Waals surface area (Å²) in [6, 6.07) is 21.5. The fourth-order valence-electron chi connectivity index (χ4n) is 2.54. The van der Waals surface area contributed by atoms with Gasteiger partial charge in [-0.05, 0) is 53.6 Å². The standard InChI is InChI=1S/C21H18O2/c1-2-23-19-13-10-18(11-14-19)21(22)15-12-17-8-5-7-16-6-3-4-9-20(16)17/h3-15H,2H2,1H3/b15-12+. The molecule has 0 amide bonds. The normalized spacial score (nSPS) is 11.0. The number of hydrogen-bond donors (Lipinski definition) is 0. The van der Waals surface area contributed by atoms with Gasteiger partial charge in [0.1, 0.15) is 5.75 Å². The number of fused-ring (bicyclic) bond motifs is 1. The highest BCUT2D eigenvalue weighted by Crippen LogP contribution is 2.20. The van der Waals surface area contributed by atoms with E-state index >= 15 is 0 Å². The molecule has 0 heterocycles. The Labute approximate surface area is 136 Å². The Bertz CT molecular complexity index is 840. The molecule has 0 aliphatic heterocycles. The topological polar surface area (TPSA) is 26.3 Å². The Hall–Kier alpha value is -2.87. The van der Waals surface area contributed by atoms with E-state index in [9.17, 15) is 4.79 Å². The molecule has 0 saturated carbocycles. The molecule has 3 aromatic carbocycles. The molecule has 0 aliphatic carbocycles. The number of benzene rings is 3. The highest BCUT2D eigenvalue weighted by atomic mass is 16.5. The van der Waals surface area contributed by atoms with Gasteiger partial charge >= 0.3 is 0 Å². The Morgan fingerprint density at radius 2 is 1.70 bits per heavy atom. The van der Waals surface area contributed by atoms with E-state index in [2.05, 4.69) is 18.2 Å². The number of carbonyl (C=O) groups excluding carboxylic acids is 1. The van der Waals surface area contributed by atoms with Gasteiger partial charge in [0.05, 0.1) is 6.61 Å². The van der Waals surface area contributed by atoms with Gasteiger partial charge in [0.25, 0.3) is 0 Å². The second kappa shape index (κ2) is 6.93. The van der Waals surface area contributed by atoms with Crippen molar-refractivity contribution in [2.75, 3.05) is 6.61 Å². The minimum atomic E-state index is -0.0130. The molecule has 2 heteroatoms. The minimum absolute atomic E-state index is 0.0130. The lowest BCUT2D eigenvalue weighted by molar-refractivity contribution is 0.104. The van der Waals surface area contributed by atoms with Gasteiger partial charge in [-0.2, -0.15) is 0 Å². The fraction of sp³-hybridized carbons (Fsp3) is 0.0952. The van der Waals surface area contributed by atoms with Crippen molar-refractivity contribution < 1.29 is 9.53 Å². The van der Waals surface area contributed by atoms with E-state index in [-0.39, 0.29) is 5.78 Å². The predicted octanol–water partition coefficient (Wildman–Crippen LogP) is 5.13. The molecule has 0 aromatic heterocycles. The highest BCUT2D eigenvalue weighted by Gasteiger charge is 2.03. The quantitative estimate of drug-likeness (QED) is 0.482. The van der Waals surface area contributed by atoms with Crippen LogP contribution in [0.25, 0.3) is 16.8 Å². The highest BCUT2D eigenvalue weighted by molar-refractivity contribution is 6.07. The summed E-state index contributed by atoms with van der Waals surface area (Å²) in [4.78, 5) is 12.3. The zero-order chi connectivity index (χ0) is 16.1. The first kappa shape index (κ1) is 15.0. The molecule has 0 radical (unpaired) electrons. The van der Waals surface area contributed by atoms with Crippen molar-refractivity contribution in [2.24, 2.45) is 0 Å². The zero-order valence-corrected chi connectivity index (χ0v) is 13.0. The lowest BCUT2D eigenvalue weighted by Gasteiger charge is -2.03. The Morgan fingerprint density at radius 3 is 2.48 bits per heavy atom. The molecule has 3 aromatic rings. The Kier molecular flexibility index (Phi) is 4.53. The fourth-order valence-corrected chi connectivity index (χ4v) is 2.54. The molecule has 23 heavy (non-hydrogen) atoms. The number of rotatable bonds is 5. The predicted molar refractivity (Wildman–Crippen MR) is 94.9 cm³/mol. The lowest BCUT2D eigenvalue weighted by atomic mass is 10.0. The van der Waals surface area contributed by atoms with Crippen LogP contribution in [0.15, 0.2) is 72.8 Å². The third-order valence-corrected chi connectivity index (χ3v) is 3.69. The summed E-state index contributed by atoms with van der Waals surface area (Å²) in [6.07, 6.45) is 3.50. The molecule has 0 atom stereocenters. The van der Waals surface area contributed by atoms with Crippen LogP contribution in [0.1, 0.15) is 22.8 Å². The van der Waals surface area contributed by atoms with E-state index in [0.717, 1.165) is 16.7 Å². The minimum Gasteiger partial charge on any atom is -0.494 e. The molecule has 0 spiro atoms. The molecule has 0 unspecified atom stereocenters. The van der Waals surface area contributed by atoms with Gasteiger partial charge in [-0.15, -0.1) is 0 Å². The second-order valence-corrected chi connectivity index (χ2v) is 5.22. The van der Waals surface area contributed by atoms with E-state index in [1.54, 1.807) is 18.2 Å². The summed E-state index contributed by atoms with van der Waals surface area (Å²) in [5.74, 6) is 0.767. The maximum atomic E-state index is 12.3. The summed E-state index contributed by atoms with van der Waals surface area (Å²) in [5.41, 5.74) is 1.70. The van der Waals surface area contributed by atoms with Crippen LogP contribution in [-0.2, 0) is 0 Å². The largest absolute Gasteiger partial charge is 0.494 e. The third-order valence-electron chi connectivity index (χ3n) is 3.69. The van der Waals surface area contributed by atoms with Gasteiger partial charge < -0.3 is 4.74 Å². The van der Waals surface area contributed by atoms with Crippen molar-refractivity contribution in [1.82, 2.24) is 0 Å². The summed E-state index contributed by atoms with van der Waals surface area (Å²) >= 11 is 0. The molecule has 0 bridgehead atoms. The average Bonchev–Trinajstić information content (AvgIpc) is 2.60. The van der Waals surface area contributed by atoms with Crippen molar-refractivity contribution in [3.8, 4) is 5.75 Å². The van der Waals surface area contributed by atoms with E-state index in [0.29, 0.717) is 12.2 Å². The Morgan fingerprint density at radius 1 is 0.957 bits per heavy atom. The molecule has 0 N–H and O–H groups in total. The molecule has 3 rings (SSSR count). The Balaban J connectivity index is 1.82. The summed E-state index contributed by atoms with van der Waals surface area (Å²) in [6.45, 7) is 2.56. The number of hydrogen-bond acceptors (Lipinski definition) is 2. The first-order chi connectivity index (χ1) is 11.3. The third kappa shape index (κ3) is 3.49. The van der Waals surface area contributed by atoms with Gasteiger partial charge in [0, 0.05) is 5.56 Å². The maximum absolute atomic E-state index is 12.3. The smallest absolute Gasteiger partial charge is 0.185 e. The number of allylic oxidation sites excluding steroid dienone is 1. The van der Waals surface area contributed by atoms with Crippen LogP contribution in [0.2, 0.25) is 0 Å². The van der Waals surface area contributed by atoms with Gasteiger partial charge in [-0.1, -0.05) is 48.5 Å². The molecule has 0 saturated heterocycles. The van der Waals surface area contributed by atoms with E-state index in [1.165, 1.54) is 5.39 Å². The molecular formula is C21H18O2. The van der Waals surface area contributed by atoms with Crippen LogP contribution >= 0.6 is 0 Å². The van der Waals surface area contributed by atoms with E-state index in [1.807, 2.05) is 49.4 Å². The molecule has 0 fully saturated rings. The molecular weight excluding hydrogens is 284 g/mol. The van der Waals surface area contributed by atoms with Crippen LogP contribution in [0.5, 0.6) is 5.75 Å². The van der Waals surface area contributed by atoms with Crippen molar-refractivity contribution >= 4 is 22.6 Å². The monoisotopic (exact) mass is 302 g/mol. The van der Waals surface area contributed by atoms with Crippen molar-refractivity contribution in [3.63, 3.8) is 0 Å². The van der Waals surface area contributed by atoms with Crippen LogP contribution in [0, 0.1) is 0 Å². The van der Waals surface area contributed by atoms with Gasteiger partial charge in [-0.3, -0.25) is 4.79 Å². The van der Waals surface area contributed by atoms with Crippen molar-refractivity contribution in [2.45, 2.75) is 6.92 Å². The number of ketones is 1. The van der Waals surface area contributed by atoms with Crippen molar-refractivity contribution in [3.05, 3.63) is 83.9 Å². The summed E-state index contributed by atoms with van der Waals surface area (Å²) in [5, 5.41) is 2.31. The zero-order valence-electron chi connectivity index (χ0n) is 13.0. The first-order valence-corrected chi connectivity index (χ1v) is 7.71. The van der Waals surface area contributed by atoms with E-state index in [4.69, 9.17) is 4.74 Å². The van der Waals surface area contributed by atoms with Gasteiger partial charge in [0.2, 0.25) is 0 Å². The van der Waals surface area contributed by atoms with E-state index < -0.39 is 0 Å². The molecule has 2 nitrogen and oxygen atoms in total. The maximum Gasteiger partial charge on any atom is 0.185 e. The van der Waals surface area contributed by atoms with Gasteiger partial charge in [-0.25, -0.2) is 0 Å².